The predicted molar refractivity (Wildman–Crippen MR) is 84.2 cm³/mol. The molecule has 1 atom stereocenters. The number of carbonyl (C=O) groups excluding carboxylic acids is 1. The van der Waals surface area contributed by atoms with Crippen molar-refractivity contribution in [3.8, 4) is 0 Å². The van der Waals surface area contributed by atoms with Crippen LogP contribution in [0.2, 0.25) is 0 Å². The Kier molecular flexibility index (Phi) is 6.30. The number of carbonyl (C=O) groups is 1. The summed E-state index contributed by atoms with van der Waals surface area (Å²) in [4.78, 5) is 14.4. The second-order valence-electron chi connectivity index (χ2n) is 6.54. The van der Waals surface area contributed by atoms with E-state index in [0.717, 1.165) is 44.8 Å². The molecule has 0 spiro atoms. The Morgan fingerprint density at radius 2 is 1.81 bits per heavy atom. The maximum absolute atomic E-state index is 11.9. The molecule has 5 nitrogen and oxygen atoms in total. The Morgan fingerprint density at radius 1 is 1.19 bits per heavy atom. The molecule has 2 aliphatic rings. The monoisotopic (exact) mass is 297 g/mol. The van der Waals surface area contributed by atoms with Crippen LogP contribution in [0.3, 0.4) is 0 Å². The van der Waals surface area contributed by atoms with Crippen LogP contribution in [0, 0.1) is 5.92 Å². The number of urea groups is 1. The van der Waals surface area contributed by atoms with Gasteiger partial charge in [0.1, 0.15) is 0 Å². The van der Waals surface area contributed by atoms with Crippen molar-refractivity contribution in [3.63, 3.8) is 0 Å². The van der Waals surface area contributed by atoms with Gasteiger partial charge in [-0.15, -0.1) is 0 Å². The standard InChI is InChI=1S/C16H31N3O2/c1-3-12(4-2)15(20)11-17-16(21)18-13-7-9-19(10-8-13)14-5-6-14/h12-15,20H,3-11H2,1-2H3,(H2,17,18,21). The Hall–Kier alpha value is -0.810. The van der Waals surface area contributed by atoms with Gasteiger partial charge in [0.2, 0.25) is 0 Å². The summed E-state index contributed by atoms with van der Waals surface area (Å²) in [5, 5.41) is 15.9. The molecule has 2 fully saturated rings. The van der Waals surface area contributed by atoms with E-state index in [2.05, 4.69) is 29.4 Å². The van der Waals surface area contributed by atoms with Crippen LogP contribution in [-0.2, 0) is 0 Å². The maximum Gasteiger partial charge on any atom is 0.315 e. The van der Waals surface area contributed by atoms with Gasteiger partial charge in [0.05, 0.1) is 6.10 Å². The molecular weight excluding hydrogens is 266 g/mol. The molecule has 122 valence electrons. The van der Waals surface area contributed by atoms with Crippen molar-refractivity contribution >= 4 is 6.03 Å². The third-order valence-corrected chi connectivity index (χ3v) is 4.99. The fraction of sp³-hybridized carbons (Fsp3) is 0.938. The topological polar surface area (TPSA) is 64.6 Å². The molecule has 5 heteroatoms. The lowest BCUT2D eigenvalue weighted by atomic mass is 9.97. The number of nitrogens with zero attached hydrogens (tertiary/aromatic N) is 1. The number of piperidine rings is 1. The lowest BCUT2D eigenvalue weighted by Crippen LogP contribution is -2.49. The Labute approximate surface area is 128 Å². The Balaban J connectivity index is 1.61. The number of likely N-dealkylation sites (tertiary alicyclic amines) is 1. The first kappa shape index (κ1) is 16.6. The van der Waals surface area contributed by atoms with Gasteiger partial charge in [0, 0.05) is 31.7 Å². The zero-order valence-electron chi connectivity index (χ0n) is 13.5. The summed E-state index contributed by atoms with van der Waals surface area (Å²) in [6, 6.07) is 0.977. The van der Waals surface area contributed by atoms with E-state index in [-0.39, 0.29) is 18.0 Å². The van der Waals surface area contributed by atoms with E-state index in [4.69, 9.17) is 0 Å². The first-order valence-corrected chi connectivity index (χ1v) is 8.60. The molecule has 2 amide bonds. The molecule has 0 bridgehead atoms. The summed E-state index contributed by atoms with van der Waals surface area (Å²) in [6.07, 6.45) is 6.24. The van der Waals surface area contributed by atoms with Crippen molar-refractivity contribution in [1.82, 2.24) is 15.5 Å². The lowest BCUT2D eigenvalue weighted by molar-refractivity contribution is 0.102. The molecule has 0 aromatic heterocycles. The average Bonchev–Trinajstić information content (AvgIpc) is 3.32. The van der Waals surface area contributed by atoms with Gasteiger partial charge >= 0.3 is 6.03 Å². The molecule has 1 unspecified atom stereocenters. The average molecular weight is 297 g/mol. The minimum absolute atomic E-state index is 0.134. The lowest BCUT2D eigenvalue weighted by Gasteiger charge is -2.32. The van der Waals surface area contributed by atoms with E-state index in [1.807, 2.05) is 0 Å². The van der Waals surface area contributed by atoms with E-state index >= 15 is 0 Å². The molecular formula is C16H31N3O2. The molecule has 1 saturated heterocycles. The van der Waals surface area contributed by atoms with Crippen LogP contribution in [0.1, 0.15) is 52.4 Å². The van der Waals surface area contributed by atoms with Crippen molar-refractivity contribution in [2.75, 3.05) is 19.6 Å². The van der Waals surface area contributed by atoms with Gasteiger partial charge in [-0.1, -0.05) is 26.7 Å². The van der Waals surface area contributed by atoms with Crippen LogP contribution in [0.5, 0.6) is 0 Å². The van der Waals surface area contributed by atoms with Gasteiger partial charge in [-0.3, -0.25) is 0 Å². The van der Waals surface area contributed by atoms with E-state index in [9.17, 15) is 9.90 Å². The van der Waals surface area contributed by atoms with Gasteiger partial charge in [0.25, 0.3) is 0 Å². The fourth-order valence-corrected chi connectivity index (χ4v) is 3.28. The highest BCUT2D eigenvalue weighted by atomic mass is 16.3. The number of aliphatic hydroxyl groups is 1. The minimum Gasteiger partial charge on any atom is -0.391 e. The molecule has 0 aromatic rings. The zero-order chi connectivity index (χ0) is 15.2. The van der Waals surface area contributed by atoms with Gasteiger partial charge in [0.15, 0.2) is 0 Å². The summed E-state index contributed by atoms with van der Waals surface area (Å²) in [6.45, 7) is 6.70. The van der Waals surface area contributed by atoms with E-state index in [0.29, 0.717) is 6.54 Å². The summed E-state index contributed by atoms with van der Waals surface area (Å²) >= 11 is 0. The van der Waals surface area contributed by atoms with Crippen LogP contribution in [0.15, 0.2) is 0 Å². The molecule has 21 heavy (non-hydrogen) atoms. The second-order valence-corrected chi connectivity index (χ2v) is 6.54. The summed E-state index contributed by atoms with van der Waals surface area (Å²) in [7, 11) is 0. The zero-order valence-corrected chi connectivity index (χ0v) is 13.5. The first-order chi connectivity index (χ1) is 10.1. The van der Waals surface area contributed by atoms with Crippen molar-refractivity contribution in [1.29, 1.82) is 0 Å². The van der Waals surface area contributed by atoms with Crippen molar-refractivity contribution in [2.45, 2.75) is 70.6 Å². The molecule has 1 aliphatic carbocycles. The Morgan fingerprint density at radius 3 is 2.33 bits per heavy atom. The van der Waals surface area contributed by atoms with E-state index < -0.39 is 6.10 Å². The highest BCUT2D eigenvalue weighted by Crippen LogP contribution is 2.29. The van der Waals surface area contributed by atoms with Crippen molar-refractivity contribution < 1.29 is 9.90 Å². The van der Waals surface area contributed by atoms with Crippen LogP contribution in [0.4, 0.5) is 4.79 Å². The van der Waals surface area contributed by atoms with Gasteiger partial charge in [-0.25, -0.2) is 4.79 Å². The van der Waals surface area contributed by atoms with Gasteiger partial charge < -0.3 is 20.6 Å². The quantitative estimate of drug-likeness (QED) is 0.670. The third-order valence-electron chi connectivity index (χ3n) is 4.99. The molecule has 2 rings (SSSR count). The second kappa shape index (κ2) is 7.99. The predicted octanol–water partition coefficient (Wildman–Crippen LogP) is 1.71. The normalized spacial score (nSPS) is 22.3. The summed E-state index contributed by atoms with van der Waals surface area (Å²) in [5.74, 6) is 0.270. The number of aliphatic hydroxyl groups excluding tert-OH is 1. The largest absolute Gasteiger partial charge is 0.391 e. The fourth-order valence-electron chi connectivity index (χ4n) is 3.28. The summed E-state index contributed by atoms with van der Waals surface area (Å²) in [5.41, 5.74) is 0. The summed E-state index contributed by atoms with van der Waals surface area (Å²) < 4.78 is 0. The van der Waals surface area contributed by atoms with Crippen LogP contribution >= 0.6 is 0 Å². The Bertz CT molecular complexity index is 321. The number of nitrogens with one attached hydrogen (secondary N) is 2. The maximum atomic E-state index is 11.9. The van der Waals surface area contributed by atoms with E-state index in [1.165, 1.54) is 12.8 Å². The number of hydrogen-bond acceptors (Lipinski definition) is 3. The number of rotatable bonds is 7. The molecule has 1 saturated carbocycles. The molecule has 3 N–H and O–H groups in total. The highest BCUT2D eigenvalue weighted by molar-refractivity contribution is 5.74. The minimum atomic E-state index is -0.442. The van der Waals surface area contributed by atoms with E-state index in [1.54, 1.807) is 0 Å². The smallest absolute Gasteiger partial charge is 0.315 e. The first-order valence-electron chi connectivity index (χ1n) is 8.60. The van der Waals surface area contributed by atoms with Gasteiger partial charge in [-0.2, -0.15) is 0 Å². The van der Waals surface area contributed by atoms with Crippen molar-refractivity contribution in [3.05, 3.63) is 0 Å². The number of hydrogen-bond donors (Lipinski definition) is 3. The highest BCUT2D eigenvalue weighted by Gasteiger charge is 2.32. The molecule has 1 aliphatic heterocycles. The number of amides is 2. The third kappa shape index (κ3) is 5.15. The SMILES string of the molecule is CCC(CC)C(O)CNC(=O)NC1CCN(C2CC2)CC1. The molecule has 1 heterocycles. The molecule has 0 radical (unpaired) electrons. The van der Waals surface area contributed by atoms with Crippen LogP contribution < -0.4 is 10.6 Å². The van der Waals surface area contributed by atoms with Crippen molar-refractivity contribution in [2.24, 2.45) is 5.92 Å². The van der Waals surface area contributed by atoms with Crippen LogP contribution in [-0.4, -0.2) is 53.9 Å². The van der Waals surface area contributed by atoms with Gasteiger partial charge in [-0.05, 0) is 31.6 Å². The molecule has 0 aromatic carbocycles. The van der Waals surface area contributed by atoms with Crippen LogP contribution in [0.25, 0.3) is 0 Å².